The van der Waals surface area contributed by atoms with Crippen LogP contribution in [0.15, 0.2) is 35.9 Å². The molecule has 4 fully saturated rings. The van der Waals surface area contributed by atoms with Gasteiger partial charge < -0.3 is 0 Å². The van der Waals surface area contributed by atoms with E-state index >= 15 is 0 Å². The average Bonchev–Trinajstić information content (AvgIpc) is 2.93. The second-order valence-electron chi connectivity index (χ2n) is 10.5. The summed E-state index contributed by atoms with van der Waals surface area (Å²) in [6.45, 7) is 4.92. The van der Waals surface area contributed by atoms with Crippen molar-refractivity contribution in [2.24, 2.45) is 34.5 Å². The molecule has 0 aliphatic heterocycles. The van der Waals surface area contributed by atoms with Crippen LogP contribution in [0.2, 0.25) is 0 Å². The Bertz CT molecular complexity index is 762. The Morgan fingerprint density at radius 3 is 2.56 bits per heavy atom. The van der Waals surface area contributed by atoms with E-state index in [2.05, 4.69) is 44.2 Å². The second kappa shape index (κ2) is 6.33. The van der Waals surface area contributed by atoms with Crippen molar-refractivity contribution < 1.29 is 4.79 Å². The van der Waals surface area contributed by atoms with Gasteiger partial charge in [-0.1, -0.05) is 57.0 Å². The summed E-state index contributed by atoms with van der Waals surface area (Å²) in [4.78, 5) is 13.4. The van der Waals surface area contributed by atoms with Gasteiger partial charge in [-0.05, 0) is 91.2 Å². The maximum Gasteiger partial charge on any atom is 0.165 e. The van der Waals surface area contributed by atoms with E-state index in [1.165, 1.54) is 50.5 Å². The van der Waals surface area contributed by atoms with Crippen LogP contribution in [-0.2, 0) is 4.79 Å². The summed E-state index contributed by atoms with van der Waals surface area (Å²) >= 11 is 0. The van der Waals surface area contributed by atoms with Crippen LogP contribution in [0.4, 0.5) is 0 Å². The maximum absolute atomic E-state index is 13.4. The molecule has 0 spiro atoms. The first-order chi connectivity index (χ1) is 13.0. The van der Waals surface area contributed by atoms with Gasteiger partial charge in [0.1, 0.15) is 0 Å². The third-order valence-corrected chi connectivity index (χ3v) is 9.36. The van der Waals surface area contributed by atoms with Gasteiger partial charge in [0.25, 0.3) is 0 Å². The molecule has 4 saturated carbocycles. The zero-order chi connectivity index (χ0) is 18.6. The number of hydrogen-bond donors (Lipinski definition) is 0. The number of Topliss-reactive ketones (excluding diaryl/α,β-unsaturated/α-hetero) is 1. The minimum absolute atomic E-state index is 0.0976. The Morgan fingerprint density at radius 2 is 1.74 bits per heavy atom. The molecule has 0 heterocycles. The van der Waals surface area contributed by atoms with Crippen LogP contribution in [-0.4, -0.2) is 5.78 Å². The van der Waals surface area contributed by atoms with Gasteiger partial charge in [-0.2, -0.15) is 0 Å². The third kappa shape index (κ3) is 2.60. The van der Waals surface area contributed by atoms with Gasteiger partial charge in [0.15, 0.2) is 5.78 Å². The Hall–Kier alpha value is -1.37. The highest BCUT2D eigenvalue weighted by atomic mass is 16.1. The fourth-order valence-corrected chi connectivity index (χ4v) is 7.85. The molecule has 1 nitrogen and oxygen atoms in total. The molecule has 6 atom stereocenters. The van der Waals surface area contributed by atoms with Crippen molar-refractivity contribution >= 4 is 11.9 Å². The fourth-order valence-electron chi connectivity index (χ4n) is 7.85. The first kappa shape index (κ1) is 17.7. The van der Waals surface area contributed by atoms with E-state index in [0.29, 0.717) is 17.1 Å². The molecule has 4 aliphatic carbocycles. The lowest BCUT2D eigenvalue weighted by Crippen LogP contribution is -2.52. The molecule has 1 aromatic rings. The number of ketones is 1. The van der Waals surface area contributed by atoms with Crippen molar-refractivity contribution in [3.63, 3.8) is 0 Å². The minimum atomic E-state index is -0.0976. The fraction of sp³-hybridized carbons (Fsp3) is 0.654. The Kier molecular flexibility index (Phi) is 4.15. The highest BCUT2D eigenvalue weighted by Gasteiger charge is 2.60. The summed E-state index contributed by atoms with van der Waals surface area (Å²) in [5, 5.41) is 0. The van der Waals surface area contributed by atoms with Gasteiger partial charge in [-0.25, -0.2) is 0 Å². The molecule has 0 aromatic heterocycles. The van der Waals surface area contributed by atoms with E-state index in [1.54, 1.807) is 0 Å². The quantitative estimate of drug-likeness (QED) is 0.509. The van der Waals surface area contributed by atoms with Gasteiger partial charge in [0, 0.05) is 5.41 Å². The van der Waals surface area contributed by atoms with Crippen molar-refractivity contribution in [3.8, 4) is 0 Å². The first-order valence-corrected chi connectivity index (χ1v) is 11.3. The van der Waals surface area contributed by atoms with Crippen LogP contribution in [0.5, 0.6) is 0 Å². The molecule has 1 heteroatoms. The predicted octanol–water partition coefficient (Wildman–Crippen LogP) is 6.68. The molecule has 4 aliphatic rings. The standard InChI is InChI=1S/C26H34O/c1-25-14-7-6-10-20(25)11-12-21-22(25)13-15-26(2)23(21)17-19(24(26)27)16-18-8-4-3-5-9-18/h3-5,8-9,16,20-23H,6-7,10-15,17H2,1-2H3/b19-16-/t20-,21-,22-,23+,25+,26+/m1/s1. The lowest BCUT2D eigenvalue weighted by atomic mass is 9.45. The van der Waals surface area contributed by atoms with Crippen molar-refractivity contribution in [1.82, 2.24) is 0 Å². The number of allylic oxidation sites excluding steroid dienone is 1. The highest BCUT2D eigenvalue weighted by Crippen LogP contribution is 2.66. The number of hydrogen-bond acceptors (Lipinski definition) is 1. The summed E-state index contributed by atoms with van der Waals surface area (Å²) in [6.07, 6.45) is 14.2. The Balaban J connectivity index is 1.47. The number of carbonyl (C=O) groups is 1. The van der Waals surface area contributed by atoms with Crippen molar-refractivity contribution in [3.05, 3.63) is 41.5 Å². The molecule has 0 N–H and O–H groups in total. The molecule has 0 unspecified atom stereocenters. The summed E-state index contributed by atoms with van der Waals surface area (Å²) < 4.78 is 0. The van der Waals surface area contributed by atoms with E-state index < -0.39 is 0 Å². The van der Waals surface area contributed by atoms with Crippen LogP contribution in [0.1, 0.15) is 77.2 Å². The van der Waals surface area contributed by atoms with E-state index in [1.807, 2.05) is 6.07 Å². The zero-order valence-electron chi connectivity index (χ0n) is 17.0. The average molecular weight is 363 g/mol. The van der Waals surface area contributed by atoms with Crippen LogP contribution in [0.25, 0.3) is 6.08 Å². The number of rotatable bonds is 1. The molecule has 0 bridgehead atoms. The molecule has 5 rings (SSSR count). The lowest BCUT2D eigenvalue weighted by Gasteiger charge is -2.59. The molecule has 27 heavy (non-hydrogen) atoms. The van der Waals surface area contributed by atoms with Crippen LogP contribution in [0, 0.1) is 34.5 Å². The molecule has 1 aromatic carbocycles. The summed E-state index contributed by atoms with van der Waals surface area (Å²) in [5.41, 5.74) is 2.74. The van der Waals surface area contributed by atoms with Crippen molar-refractivity contribution in [1.29, 1.82) is 0 Å². The normalized spacial score (nSPS) is 45.3. The van der Waals surface area contributed by atoms with Gasteiger partial charge in [0.2, 0.25) is 0 Å². The minimum Gasteiger partial charge on any atom is -0.294 e. The smallest absolute Gasteiger partial charge is 0.165 e. The van der Waals surface area contributed by atoms with Crippen molar-refractivity contribution in [2.45, 2.75) is 71.6 Å². The summed E-state index contributed by atoms with van der Waals surface area (Å²) in [7, 11) is 0. The first-order valence-electron chi connectivity index (χ1n) is 11.3. The Morgan fingerprint density at radius 1 is 0.926 bits per heavy atom. The van der Waals surface area contributed by atoms with E-state index in [4.69, 9.17) is 0 Å². The van der Waals surface area contributed by atoms with Gasteiger partial charge >= 0.3 is 0 Å². The third-order valence-electron chi connectivity index (χ3n) is 9.36. The molecule has 0 radical (unpaired) electrons. The molecule has 0 saturated heterocycles. The van der Waals surface area contributed by atoms with Crippen molar-refractivity contribution in [2.75, 3.05) is 0 Å². The maximum atomic E-state index is 13.4. The number of fused-ring (bicyclic) bond motifs is 5. The summed E-state index contributed by atoms with van der Waals surface area (Å²) in [5.74, 6) is 3.63. The van der Waals surface area contributed by atoms with Gasteiger partial charge in [0.05, 0.1) is 0 Å². The largest absolute Gasteiger partial charge is 0.294 e. The second-order valence-corrected chi connectivity index (χ2v) is 10.5. The van der Waals surface area contributed by atoms with Gasteiger partial charge in [-0.15, -0.1) is 0 Å². The summed E-state index contributed by atoms with van der Waals surface area (Å²) in [6, 6.07) is 10.4. The monoisotopic (exact) mass is 362 g/mol. The van der Waals surface area contributed by atoms with Crippen LogP contribution in [0.3, 0.4) is 0 Å². The SMILES string of the molecule is C[C@]12CCCC[C@@H]1CC[C@@H]1[C@H]2CC[C@]2(C)C(=O)/C(=C\c3ccccc3)C[C@@H]12. The highest BCUT2D eigenvalue weighted by molar-refractivity contribution is 6.05. The van der Waals surface area contributed by atoms with E-state index in [9.17, 15) is 4.79 Å². The van der Waals surface area contributed by atoms with E-state index in [-0.39, 0.29) is 5.41 Å². The van der Waals surface area contributed by atoms with Crippen LogP contribution < -0.4 is 0 Å². The molecular weight excluding hydrogens is 328 g/mol. The molecule has 144 valence electrons. The number of carbonyl (C=O) groups excluding carboxylic acids is 1. The zero-order valence-corrected chi connectivity index (χ0v) is 17.0. The Labute approximate surface area is 164 Å². The van der Waals surface area contributed by atoms with Gasteiger partial charge in [-0.3, -0.25) is 4.79 Å². The topological polar surface area (TPSA) is 17.1 Å². The molecular formula is C26H34O. The van der Waals surface area contributed by atoms with E-state index in [0.717, 1.165) is 36.2 Å². The lowest BCUT2D eigenvalue weighted by molar-refractivity contribution is -0.137. The predicted molar refractivity (Wildman–Crippen MR) is 111 cm³/mol. The molecule has 0 amide bonds. The van der Waals surface area contributed by atoms with Crippen LogP contribution >= 0.6 is 0 Å². The number of benzene rings is 1.